The minimum absolute atomic E-state index is 0.0503. The lowest BCUT2D eigenvalue weighted by molar-refractivity contribution is -0.113. The predicted molar refractivity (Wildman–Crippen MR) is 96.5 cm³/mol. The lowest BCUT2D eigenvalue weighted by atomic mass is 9.95. The van der Waals surface area contributed by atoms with Crippen LogP contribution in [0.25, 0.3) is 0 Å². The first kappa shape index (κ1) is 17.5. The number of hydrogen-bond acceptors (Lipinski definition) is 5. The Morgan fingerprint density at radius 1 is 1.16 bits per heavy atom. The fourth-order valence-corrected chi connectivity index (χ4v) is 3.39. The van der Waals surface area contributed by atoms with Crippen molar-refractivity contribution in [2.45, 2.75) is 43.3 Å². The standard InChI is InChI=1S/C17H21N5O2S/c23-15(10-25-17-18-11-19-22-17)20-14-8-6-12(7-9-14)16(24)21-13-4-2-1-3-5-13/h6-9,11,13H,1-5,10H2,(H,20,23)(H,21,24)(H,18,19,22). The monoisotopic (exact) mass is 359 g/mol. The minimum Gasteiger partial charge on any atom is -0.349 e. The number of thioether (sulfide) groups is 1. The molecule has 0 aliphatic heterocycles. The number of hydrogen-bond donors (Lipinski definition) is 3. The van der Waals surface area contributed by atoms with Gasteiger partial charge < -0.3 is 10.6 Å². The first-order valence-corrected chi connectivity index (χ1v) is 9.38. The van der Waals surface area contributed by atoms with Gasteiger partial charge in [-0.15, -0.1) is 0 Å². The second-order valence-corrected chi connectivity index (χ2v) is 6.98. The summed E-state index contributed by atoms with van der Waals surface area (Å²) in [6.45, 7) is 0. The third kappa shape index (κ3) is 5.32. The summed E-state index contributed by atoms with van der Waals surface area (Å²) in [6, 6.07) is 7.24. The molecule has 0 atom stereocenters. The van der Waals surface area contributed by atoms with Crippen LogP contribution in [0.15, 0.2) is 35.7 Å². The highest BCUT2D eigenvalue weighted by molar-refractivity contribution is 7.99. The Balaban J connectivity index is 1.47. The van der Waals surface area contributed by atoms with Crippen molar-refractivity contribution in [1.82, 2.24) is 20.5 Å². The van der Waals surface area contributed by atoms with Gasteiger partial charge in [-0.3, -0.25) is 14.7 Å². The first-order chi connectivity index (χ1) is 12.2. The molecule has 1 heterocycles. The van der Waals surface area contributed by atoms with Crippen molar-refractivity contribution in [2.75, 3.05) is 11.1 Å². The van der Waals surface area contributed by atoms with E-state index in [9.17, 15) is 9.59 Å². The Morgan fingerprint density at radius 3 is 2.60 bits per heavy atom. The van der Waals surface area contributed by atoms with Gasteiger partial charge in [0, 0.05) is 17.3 Å². The molecule has 0 spiro atoms. The molecule has 3 rings (SSSR count). The highest BCUT2D eigenvalue weighted by Crippen LogP contribution is 2.18. The van der Waals surface area contributed by atoms with Crippen molar-refractivity contribution in [1.29, 1.82) is 0 Å². The molecule has 0 bridgehead atoms. The minimum atomic E-state index is -0.138. The summed E-state index contributed by atoms with van der Waals surface area (Å²) in [7, 11) is 0. The fraction of sp³-hybridized carbons (Fsp3) is 0.412. The van der Waals surface area contributed by atoms with E-state index in [1.165, 1.54) is 37.4 Å². The van der Waals surface area contributed by atoms with Gasteiger partial charge in [-0.2, -0.15) is 5.10 Å². The molecule has 0 radical (unpaired) electrons. The van der Waals surface area contributed by atoms with Crippen LogP contribution in [-0.4, -0.2) is 38.8 Å². The molecule has 25 heavy (non-hydrogen) atoms. The molecule has 1 aromatic heterocycles. The maximum absolute atomic E-state index is 12.3. The number of nitrogens with one attached hydrogen (secondary N) is 3. The van der Waals surface area contributed by atoms with E-state index in [4.69, 9.17) is 0 Å². The van der Waals surface area contributed by atoms with Gasteiger partial charge in [0.25, 0.3) is 5.91 Å². The van der Waals surface area contributed by atoms with E-state index in [2.05, 4.69) is 25.8 Å². The Morgan fingerprint density at radius 2 is 1.92 bits per heavy atom. The zero-order valence-electron chi connectivity index (χ0n) is 13.8. The lowest BCUT2D eigenvalue weighted by Crippen LogP contribution is -2.36. The molecular formula is C17H21N5O2S. The molecule has 1 saturated carbocycles. The molecule has 1 aromatic carbocycles. The number of aromatic amines is 1. The Kier molecular flexibility index (Phi) is 6.05. The number of anilines is 1. The van der Waals surface area contributed by atoms with Crippen LogP contribution >= 0.6 is 11.8 Å². The summed E-state index contributed by atoms with van der Waals surface area (Å²) < 4.78 is 0. The van der Waals surface area contributed by atoms with Gasteiger partial charge in [-0.1, -0.05) is 31.0 Å². The lowest BCUT2D eigenvalue weighted by Gasteiger charge is -2.22. The summed E-state index contributed by atoms with van der Waals surface area (Å²) in [5, 5.41) is 12.9. The topological polar surface area (TPSA) is 99.8 Å². The molecule has 2 aromatic rings. The molecule has 132 valence electrons. The van der Waals surface area contributed by atoms with E-state index < -0.39 is 0 Å². The van der Waals surface area contributed by atoms with Crippen molar-refractivity contribution >= 4 is 29.3 Å². The van der Waals surface area contributed by atoms with Crippen molar-refractivity contribution in [3.8, 4) is 0 Å². The van der Waals surface area contributed by atoms with Gasteiger partial charge in [0.15, 0.2) is 5.16 Å². The Bertz CT molecular complexity index is 696. The van der Waals surface area contributed by atoms with E-state index >= 15 is 0 Å². The number of rotatable bonds is 6. The third-order valence-electron chi connectivity index (χ3n) is 4.10. The van der Waals surface area contributed by atoms with Crippen LogP contribution in [0.4, 0.5) is 5.69 Å². The van der Waals surface area contributed by atoms with Crippen LogP contribution in [0.3, 0.4) is 0 Å². The van der Waals surface area contributed by atoms with Crippen LogP contribution in [0, 0.1) is 0 Å². The summed E-state index contributed by atoms with van der Waals surface area (Å²) >= 11 is 1.28. The van der Waals surface area contributed by atoms with E-state index in [1.54, 1.807) is 24.3 Å². The zero-order valence-corrected chi connectivity index (χ0v) is 14.6. The number of carbonyl (C=O) groups excluding carboxylic acids is 2. The smallest absolute Gasteiger partial charge is 0.251 e. The van der Waals surface area contributed by atoms with Gasteiger partial charge in [0.05, 0.1) is 5.75 Å². The number of nitrogens with zero attached hydrogens (tertiary/aromatic N) is 2. The number of amides is 2. The summed E-state index contributed by atoms with van der Waals surface area (Å²) in [5.74, 6) is 0.0468. The zero-order chi connectivity index (χ0) is 17.5. The van der Waals surface area contributed by atoms with Gasteiger partial charge in [0.2, 0.25) is 5.91 Å². The molecule has 8 heteroatoms. The Hall–Kier alpha value is -2.35. The number of benzene rings is 1. The molecule has 7 nitrogen and oxygen atoms in total. The highest BCUT2D eigenvalue weighted by atomic mass is 32.2. The van der Waals surface area contributed by atoms with E-state index in [0.29, 0.717) is 16.4 Å². The average Bonchev–Trinajstić information content (AvgIpc) is 3.15. The molecular weight excluding hydrogens is 338 g/mol. The van der Waals surface area contributed by atoms with Crippen LogP contribution < -0.4 is 10.6 Å². The fourth-order valence-electron chi connectivity index (χ4n) is 2.82. The van der Waals surface area contributed by atoms with Gasteiger partial charge >= 0.3 is 0 Å². The average molecular weight is 359 g/mol. The molecule has 0 unspecified atom stereocenters. The maximum Gasteiger partial charge on any atom is 0.251 e. The SMILES string of the molecule is O=C(CSc1ncn[nH]1)Nc1ccc(C(=O)NC2CCCCC2)cc1. The Labute approximate surface area is 150 Å². The van der Waals surface area contributed by atoms with Gasteiger partial charge in [-0.25, -0.2) is 4.98 Å². The molecule has 0 saturated heterocycles. The second-order valence-electron chi connectivity index (χ2n) is 6.01. The van der Waals surface area contributed by atoms with Crippen LogP contribution in [0.2, 0.25) is 0 Å². The van der Waals surface area contributed by atoms with Crippen molar-refractivity contribution in [2.24, 2.45) is 0 Å². The molecule has 1 fully saturated rings. The molecule has 2 amide bonds. The van der Waals surface area contributed by atoms with Crippen molar-refractivity contribution in [3.05, 3.63) is 36.2 Å². The molecule has 1 aliphatic carbocycles. The normalized spacial score (nSPS) is 14.9. The van der Waals surface area contributed by atoms with E-state index in [-0.39, 0.29) is 23.6 Å². The van der Waals surface area contributed by atoms with Gasteiger partial charge in [0.1, 0.15) is 6.33 Å². The van der Waals surface area contributed by atoms with Crippen molar-refractivity contribution < 1.29 is 9.59 Å². The third-order valence-corrected chi connectivity index (χ3v) is 4.98. The number of aromatic nitrogens is 3. The van der Waals surface area contributed by atoms with E-state index in [0.717, 1.165) is 12.8 Å². The predicted octanol–water partition coefficient (Wildman–Crippen LogP) is 2.60. The largest absolute Gasteiger partial charge is 0.349 e. The summed E-state index contributed by atoms with van der Waals surface area (Å²) in [6.07, 6.45) is 7.14. The van der Waals surface area contributed by atoms with Crippen LogP contribution in [-0.2, 0) is 4.79 Å². The van der Waals surface area contributed by atoms with Crippen LogP contribution in [0.5, 0.6) is 0 Å². The highest BCUT2D eigenvalue weighted by Gasteiger charge is 2.16. The van der Waals surface area contributed by atoms with Crippen LogP contribution in [0.1, 0.15) is 42.5 Å². The van der Waals surface area contributed by atoms with E-state index in [1.807, 2.05) is 0 Å². The maximum atomic E-state index is 12.3. The second kappa shape index (κ2) is 8.66. The van der Waals surface area contributed by atoms with Gasteiger partial charge in [-0.05, 0) is 37.1 Å². The quantitative estimate of drug-likeness (QED) is 0.689. The molecule has 1 aliphatic rings. The molecule has 3 N–H and O–H groups in total. The van der Waals surface area contributed by atoms with Crippen molar-refractivity contribution in [3.63, 3.8) is 0 Å². The summed E-state index contributed by atoms with van der Waals surface area (Å²) in [4.78, 5) is 28.1. The summed E-state index contributed by atoms with van der Waals surface area (Å²) in [5.41, 5.74) is 1.27. The number of carbonyl (C=O) groups is 2. The first-order valence-electron chi connectivity index (χ1n) is 8.39. The number of H-pyrrole nitrogens is 1.